The fourth-order valence-electron chi connectivity index (χ4n) is 6.75. The average molecular weight is 616 g/mol. The molecule has 3 heteroatoms. The highest BCUT2D eigenvalue weighted by Gasteiger charge is 2.17. The molecule has 3 heterocycles. The summed E-state index contributed by atoms with van der Waals surface area (Å²) < 4.78 is 2.17. The van der Waals surface area contributed by atoms with Gasteiger partial charge in [0.05, 0.1) is 17.1 Å². The molecule has 0 aliphatic heterocycles. The molecule has 48 heavy (non-hydrogen) atoms. The van der Waals surface area contributed by atoms with E-state index in [0.717, 1.165) is 83.9 Å². The molecule has 0 atom stereocenters. The van der Waals surface area contributed by atoms with Crippen molar-refractivity contribution in [1.82, 2.24) is 14.4 Å². The van der Waals surface area contributed by atoms with Crippen LogP contribution in [-0.2, 0) is 0 Å². The van der Waals surface area contributed by atoms with Crippen LogP contribution >= 0.6 is 0 Å². The van der Waals surface area contributed by atoms with E-state index in [1.807, 2.05) is 43.3 Å². The van der Waals surface area contributed by atoms with Crippen LogP contribution in [0.3, 0.4) is 0 Å². The zero-order valence-electron chi connectivity index (χ0n) is 26.8. The van der Waals surface area contributed by atoms with Crippen molar-refractivity contribution in [2.75, 3.05) is 0 Å². The Morgan fingerprint density at radius 2 is 1.25 bits per heavy atom. The van der Waals surface area contributed by atoms with Crippen molar-refractivity contribution < 1.29 is 0 Å². The molecule has 0 spiro atoms. The molecule has 0 amide bonds. The summed E-state index contributed by atoms with van der Waals surface area (Å²) in [6, 6.07) is 49.1. The normalized spacial score (nSPS) is 11.2. The van der Waals surface area contributed by atoms with Crippen molar-refractivity contribution >= 4 is 28.6 Å². The highest BCUT2D eigenvalue weighted by atomic mass is 15.0. The molecule has 0 N–H and O–H groups in total. The standard InChI is InChI=1S/C45H33N3/c1-4-31-29-41(40-18-10-9-17-39(40)38(31)5-2)36-26-35(27-37(28-36)42-19-13-14-30(3)46-42)32-21-23-33(24-22-32)44-45(34-15-7-6-8-16-34)48-25-12-11-20-43(48)47-44/h4-29H,1-2H2,3H3. The second-order valence-electron chi connectivity index (χ2n) is 12.0. The van der Waals surface area contributed by atoms with E-state index in [0.29, 0.717) is 0 Å². The summed E-state index contributed by atoms with van der Waals surface area (Å²) in [4.78, 5) is 9.99. The maximum atomic E-state index is 5.08. The molecule has 0 radical (unpaired) electrons. The third-order valence-electron chi connectivity index (χ3n) is 9.04. The minimum Gasteiger partial charge on any atom is -0.299 e. The molecule has 3 aromatic heterocycles. The van der Waals surface area contributed by atoms with E-state index < -0.39 is 0 Å². The van der Waals surface area contributed by atoms with Gasteiger partial charge >= 0.3 is 0 Å². The third-order valence-corrected chi connectivity index (χ3v) is 9.04. The molecule has 0 aliphatic rings. The van der Waals surface area contributed by atoms with Crippen molar-refractivity contribution in [3.8, 4) is 56.0 Å². The number of hydrogen-bond donors (Lipinski definition) is 0. The summed E-state index contributed by atoms with van der Waals surface area (Å²) in [6.45, 7) is 10.3. The fourth-order valence-corrected chi connectivity index (χ4v) is 6.75. The van der Waals surface area contributed by atoms with Gasteiger partial charge in [0.25, 0.3) is 0 Å². The number of rotatable bonds is 7. The minimum absolute atomic E-state index is 0.923. The monoisotopic (exact) mass is 615 g/mol. The van der Waals surface area contributed by atoms with Gasteiger partial charge in [-0.2, -0.15) is 0 Å². The zero-order chi connectivity index (χ0) is 32.6. The summed E-state index contributed by atoms with van der Waals surface area (Å²) in [5, 5.41) is 2.33. The van der Waals surface area contributed by atoms with Gasteiger partial charge in [0.2, 0.25) is 0 Å². The number of fused-ring (bicyclic) bond motifs is 2. The van der Waals surface area contributed by atoms with E-state index in [4.69, 9.17) is 9.97 Å². The molecule has 0 bridgehead atoms. The van der Waals surface area contributed by atoms with Crippen molar-refractivity contribution in [2.45, 2.75) is 6.92 Å². The number of aromatic nitrogens is 3. The van der Waals surface area contributed by atoms with Crippen molar-refractivity contribution in [3.63, 3.8) is 0 Å². The number of benzene rings is 5. The number of pyridine rings is 2. The third kappa shape index (κ3) is 5.12. The van der Waals surface area contributed by atoms with Crippen LogP contribution in [0.15, 0.2) is 159 Å². The lowest BCUT2D eigenvalue weighted by atomic mass is 9.88. The van der Waals surface area contributed by atoms with Crippen LogP contribution in [0.4, 0.5) is 0 Å². The van der Waals surface area contributed by atoms with Crippen LogP contribution in [0.25, 0.3) is 84.6 Å². The van der Waals surface area contributed by atoms with Gasteiger partial charge in [-0.15, -0.1) is 0 Å². The number of hydrogen-bond acceptors (Lipinski definition) is 2. The van der Waals surface area contributed by atoms with E-state index in [2.05, 4.69) is 139 Å². The Labute approximate surface area is 280 Å². The molecule has 0 saturated carbocycles. The van der Waals surface area contributed by atoms with Crippen LogP contribution < -0.4 is 0 Å². The summed E-state index contributed by atoms with van der Waals surface area (Å²) >= 11 is 0. The lowest BCUT2D eigenvalue weighted by molar-refractivity contribution is 1.19. The average Bonchev–Trinajstić information content (AvgIpc) is 3.54. The molecule has 0 fully saturated rings. The van der Waals surface area contributed by atoms with Crippen LogP contribution in [0.2, 0.25) is 0 Å². The predicted octanol–water partition coefficient (Wildman–Crippen LogP) is 11.8. The highest BCUT2D eigenvalue weighted by molar-refractivity contribution is 6.04. The molecule has 228 valence electrons. The van der Waals surface area contributed by atoms with Crippen molar-refractivity contribution in [3.05, 3.63) is 176 Å². The second kappa shape index (κ2) is 12.1. The van der Waals surface area contributed by atoms with E-state index >= 15 is 0 Å². The van der Waals surface area contributed by atoms with E-state index in [-0.39, 0.29) is 0 Å². The first-order chi connectivity index (χ1) is 23.6. The maximum absolute atomic E-state index is 5.08. The van der Waals surface area contributed by atoms with Gasteiger partial charge in [-0.05, 0) is 99.6 Å². The van der Waals surface area contributed by atoms with Crippen molar-refractivity contribution in [2.24, 2.45) is 0 Å². The van der Waals surface area contributed by atoms with Gasteiger partial charge < -0.3 is 0 Å². The van der Waals surface area contributed by atoms with E-state index in [1.165, 1.54) is 5.39 Å². The first kappa shape index (κ1) is 29.1. The SMILES string of the molecule is C=Cc1cc(-c2cc(-c3ccc(-c4nc5ccccn5c4-c4ccccc4)cc3)cc(-c3cccc(C)n3)c2)c2ccccc2c1C=C. The quantitative estimate of drug-likeness (QED) is 0.179. The molecule has 0 aliphatic carbocycles. The molecule has 5 aromatic carbocycles. The lowest BCUT2D eigenvalue weighted by Crippen LogP contribution is -1.92. The molecule has 3 nitrogen and oxygen atoms in total. The van der Waals surface area contributed by atoms with Crippen LogP contribution in [0, 0.1) is 6.92 Å². The van der Waals surface area contributed by atoms with Gasteiger partial charge in [-0.1, -0.05) is 116 Å². The highest BCUT2D eigenvalue weighted by Crippen LogP contribution is 2.39. The van der Waals surface area contributed by atoms with E-state index in [1.54, 1.807) is 0 Å². The van der Waals surface area contributed by atoms with Crippen LogP contribution in [0.1, 0.15) is 16.8 Å². The molecule has 0 saturated heterocycles. The van der Waals surface area contributed by atoms with Gasteiger partial charge in [-0.3, -0.25) is 9.38 Å². The van der Waals surface area contributed by atoms with E-state index in [9.17, 15) is 0 Å². The molecule has 0 unspecified atom stereocenters. The van der Waals surface area contributed by atoms with Gasteiger partial charge in [0.1, 0.15) is 5.65 Å². The first-order valence-corrected chi connectivity index (χ1v) is 16.1. The summed E-state index contributed by atoms with van der Waals surface area (Å²) in [7, 11) is 0. The fraction of sp³-hybridized carbons (Fsp3) is 0.0222. The molecular formula is C45H33N3. The predicted molar refractivity (Wildman–Crippen MR) is 203 cm³/mol. The Balaban J connectivity index is 1.30. The van der Waals surface area contributed by atoms with Crippen molar-refractivity contribution in [1.29, 1.82) is 0 Å². The Kier molecular flexibility index (Phi) is 7.35. The molecule has 8 aromatic rings. The van der Waals surface area contributed by atoms with Gasteiger partial charge in [0, 0.05) is 28.6 Å². The Morgan fingerprint density at radius 3 is 2.02 bits per heavy atom. The van der Waals surface area contributed by atoms with Gasteiger partial charge in [-0.25, -0.2) is 4.98 Å². The van der Waals surface area contributed by atoms with Crippen LogP contribution in [0.5, 0.6) is 0 Å². The van der Waals surface area contributed by atoms with Crippen LogP contribution in [-0.4, -0.2) is 14.4 Å². The zero-order valence-corrected chi connectivity index (χ0v) is 26.8. The molecular weight excluding hydrogens is 583 g/mol. The van der Waals surface area contributed by atoms with Gasteiger partial charge in [0.15, 0.2) is 0 Å². The number of aryl methyl sites for hydroxylation is 1. The maximum Gasteiger partial charge on any atom is 0.137 e. The minimum atomic E-state index is 0.923. The second-order valence-corrected chi connectivity index (χ2v) is 12.0. The summed E-state index contributed by atoms with van der Waals surface area (Å²) in [6.07, 6.45) is 5.93. The Morgan fingerprint density at radius 1 is 0.542 bits per heavy atom. The number of nitrogens with zero attached hydrogens (tertiary/aromatic N) is 3. The molecule has 8 rings (SSSR count). The lowest BCUT2D eigenvalue weighted by Gasteiger charge is -2.16. The Bertz CT molecular complexity index is 2480. The summed E-state index contributed by atoms with van der Waals surface area (Å²) in [5.41, 5.74) is 14.8. The first-order valence-electron chi connectivity index (χ1n) is 16.1. The topological polar surface area (TPSA) is 30.2 Å². The Hall–Kier alpha value is -6.32. The largest absolute Gasteiger partial charge is 0.299 e. The smallest absolute Gasteiger partial charge is 0.137 e. The summed E-state index contributed by atoms with van der Waals surface area (Å²) in [5.74, 6) is 0. The number of imidazole rings is 1.